The molecule has 3 aromatic rings. The van der Waals surface area contributed by atoms with Gasteiger partial charge in [0.1, 0.15) is 29.3 Å². The van der Waals surface area contributed by atoms with Gasteiger partial charge in [0.15, 0.2) is 5.65 Å². The van der Waals surface area contributed by atoms with Gasteiger partial charge in [-0.1, -0.05) is 12.5 Å². The van der Waals surface area contributed by atoms with Gasteiger partial charge in [0.25, 0.3) is 0 Å². The van der Waals surface area contributed by atoms with E-state index in [-0.39, 0.29) is 6.04 Å². The molecule has 35 heavy (non-hydrogen) atoms. The minimum absolute atomic E-state index is 0.0281. The Labute approximate surface area is 204 Å². The van der Waals surface area contributed by atoms with E-state index in [1.807, 2.05) is 41.9 Å². The standard InChI is InChI=1S/C25H26N6O3S/c1-4-7-8-20(5-2)34-21-11-9-18(10-12-21)23-22-24(26)27-17-28-25(22)31(29-23)19-13-15-30(16-14-19)35(32,33)6-3/h1,5-12,17,19H,3,13-16H2,2H3,(H2,26,27,28)/b8-7-,20-5+. The van der Waals surface area contributed by atoms with E-state index in [4.69, 9.17) is 22.0 Å². The summed E-state index contributed by atoms with van der Waals surface area (Å²) >= 11 is 0. The first-order valence-electron chi connectivity index (χ1n) is 11.1. The number of terminal acetylenes is 1. The minimum atomic E-state index is -3.44. The van der Waals surface area contributed by atoms with Crippen molar-refractivity contribution in [2.24, 2.45) is 0 Å². The fourth-order valence-electron chi connectivity index (χ4n) is 4.04. The largest absolute Gasteiger partial charge is 0.458 e. The van der Waals surface area contributed by atoms with Crippen molar-refractivity contribution in [2.75, 3.05) is 18.8 Å². The Bertz CT molecular complexity index is 1440. The Morgan fingerprint density at radius 1 is 1.26 bits per heavy atom. The molecule has 10 heteroatoms. The Morgan fingerprint density at radius 2 is 1.97 bits per heavy atom. The summed E-state index contributed by atoms with van der Waals surface area (Å²) in [5.74, 6) is 4.05. The summed E-state index contributed by atoms with van der Waals surface area (Å²) in [7, 11) is -3.44. The number of nitrogen functional groups attached to an aromatic ring is 1. The molecule has 1 aromatic carbocycles. The smallest absolute Gasteiger partial charge is 0.235 e. The summed E-state index contributed by atoms with van der Waals surface area (Å²) in [6, 6.07) is 7.44. The van der Waals surface area contributed by atoms with Crippen LogP contribution in [0.4, 0.5) is 5.82 Å². The van der Waals surface area contributed by atoms with E-state index in [9.17, 15) is 8.42 Å². The van der Waals surface area contributed by atoms with Crippen molar-refractivity contribution >= 4 is 26.9 Å². The molecule has 0 amide bonds. The third kappa shape index (κ3) is 4.96. The number of rotatable bonds is 7. The third-order valence-corrected chi connectivity index (χ3v) is 7.36. The van der Waals surface area contributed by atoms with Crippen molar-refractivity contribution < 1.29 is 13.2 Å². The van der Waals surface area contributed by atoms with E-state index in [0.29, 0.717) is 60.0 Å². The van der Waals surface area contributed by atoms with Gasteiger partial charge in [-0.2, -0.15) is 9.40 Å². The second-order valence-electron chi connectivity index (χ2n) is 7.91. The lowest BCUT2D eigenvalue weighted by Gasteiger charge is -2.30. The zero-order valence-corrected chi connectivity index (χ0v) is 20.1. The fourth-order valence-corrected chi connectivity index (χ4v) is 4.97. The van der Waals surface area contributed by atoms with Crippen molar-refractivity contribution in [3.05, 3.63) is 66.6 Å². The molecule has 3 heterocycles. The lowest BCUT2D eigenvalue weighted by Crippen LogP contribution is -2.38. The van der Waals surface area contributed by atoms with Crippen LogP contribution in [0, 0.1) is 12.3 Å². The van der Waals surface area contributed by atoms with Gasteiger partial charge in [0, 0.05) is 24.1 Å². The number of hydrogen-bond donors (Lipinski definition) is 1. The maximum Gasteiger partial charge on any atom is 0.235 e. The molecule has 9 nitrogen and oxygen atoms in total. The normalized spacial score (nSPS) is 15.9. The van der Waals surface area contributed by atoms with Crippen LogP contribution < -0.4 is 10.5 Å². The number of nitrogens with zero attached hydrogens (tertiary/aromatic N) is 5. The number of allylic oxidation sites excluding steroid dienone is 3. The van der Waals surface area contributed by atoms with Crippen molar-refractivity contribution in [3.63, 3.8) is 0 Å². The van der Waals surface area contributed by atoms with Crippen LogP contribution in [0.25, 0.3) is 22.3 Å². The average Bonchev–Trinajstić information content (AvgIpc) is 3.28. The molecule has 0 saturated carbocycles. The quantitative estimate of drug-likeness (QED) is 0.305. The predicted molar refractivity (Wildman–Crippen MR) is 136 cm³/mol. The highest BCUT2D eigenvalue weighted by Crippen LogP contribution is 2.35. The zero-order valence-electron chi connectivity index (χ0n) is 19.3. The average molecular weight is 491 g/mol. The minimum Gasteiger partial charge on any atom is -0.458 e. The fraction of sp³-hybridized carbons (Fsp3) is 0.240. The second-order valence-corrected chi connectivity index (χ2v) is 9.79. The molecule has 0 unspecified atom stereocenters. The number of ether oxygens (including phenoxy) is 1. The Morgan fingerprint density at radius 3 is 2.60 bits per heavy atom. The highest BCUT2D eigenvalue weighted by Gasteiger charge is 2.29. The number of benzene rings is 1. The summed E-state index contributed by atoms with van der Waals surface area (Å²) < 4.78 is 33.4. The van der Waals surface area contributed by atoms with Gasteiger partial charge in [0.2, 0.25) is 10.0 Å². The van der Waals surface area contributed by atoms with Crippen LogP contribution in [-0.4, -0.2) is 45.6 Å². The molecule has 0 spiro atoms. The molecule has 180 valence electrons. The van der Waals surface area contributed by atoms with Crippen LogP contribution in [0.1, 0.15) is 25.8 Å². The first-order valence-corrected chi connectivity index (χ1v) is 12.6. The lowest BCUT2D eigenvalue weighted by molar-refractivity contribution is 0.267. The number of sulfonamides is 1. The van der Waals surface area contributed by atoms with E-state index in [2.05, 4.69) is 22.5 Å². The molecule has 0 radical (unpaired) electrons. The van der Waals surface area contributed by atoms with Gasteiger partial charge >= 0.3 is 0 Å². The summed E-state index contributed by atoms with van der Waals surface area (Å²) in [6.45, 7) is 6.03. The molecule has 4 rings (SSSR count). The first kappa shape index (κ1) is 24.2. The van der Waals surface area contributed by atoms with E-state index >= 15 is 0 Å². The number of piperidine rings is 1. The van der Waals surface area contributed by atoms with Gasteiger partial charge in [-0.25, -0.2) is 23.1 Å². The number of fused-ring (bicyclic) bond motifs is 1. The SMILES string of the molecule is C#C/C=C\C(=C/C)Oc1ccc(-c2nn(C3CCN(S(=O)(=O)C=C)CC3)c3ncnc(N)c23)cc1. The maximum atomic E-state index is 12.1. The van der Waals surface area contributed by atoms with Crippen LogP contribution in [0.2, 0.25) is 0 Å². The number of hydrogen-bond acceptors (Lipinski definition) is 7. The van der Waals surface area contributed by atoms with E-state index in [1.165, 1.54) is 10.6 Å². The van der Waals surface area contributed by atoms with Gasteiger partial charge in [0.05, 0.1) is 11.4 Å². The highest BCUT2D eigenvalue weighted by atomic mass is 32.2. The van der Waals surface area contributed by atoms with Gasteiger partial charge < -0.3 is 10.5 Å². The molecule has 1 fully saturated rings. The van der Waals surface area contributed by atoms with Crippen LogP contribution in [0.3, 0.4) is 0 Å². The Hall–Kier alpha value is -3.94. The molecule has 0 bridgehead atoms. The zero-order chi connectivity index (χ0) is 25.0. The van der Waals surface area contributed by atoms with Crippen LogP contribution >= 0.6 is 0 Å². The topological polar surface area (TPSA) is 116 Å². The summed E-state index contributed by atoms with van der Waals surface area (Å²) in [5.41, 5.74) is 8.34. The first-order chi connectivity index (χ1) is 16.9. The van der Waals surface area contributed by atoms with Crippen LogP contribution in [-0.2, 0) is 10.0 Å². The summed E-state index contributed by atoms with van der Waals surface area (Å²) in [5, 5.41) is 6.51. The lowest BCUT2D eigenvalue weighted by atomic mass is 10.1. The van der Waals surface area contributed by atoms with Crippen molar-refractivity contribution in [1.82, 2.24) is 24.1 Å². The second kappa shape index (κ2) is 10.1. The predicted octanol–water partition coefficient (Wildman–Crippen LogP) is 3.66. The van der Waals surface area contributed by atoms with Gasteiger partial charge in [-0.3, -0.25) is 0 Å². The molecule has 0 atom stereocenters. The van der Waals surface area contributed by atoms with Crippen molar-refractivity contribution in [3.8, 4) is 29.4 Å². The summed E-state index contributed by atoms with van der Waals surface area (Å²) in [6.07, 6.45) is 13.0. The van der Waals surface area contributed by atoms with Crippen molar-refractivity contribution in [2.45, 2.75) is 25.8 Å². The van der Waals surface area contributed by atoms with Crippen LogP contribution in [0.15, 0.2) is 66.6 Å². The van der Waals surface area contributed by atoms with Crippen molar-refractivity contribution in [1.29, 1.82) is 0 Å². The molecule has 2 N–H and O–H groups in total. The summed E-state index contributed by atoms with van der Waals surface area (Å²) in [4.78, 5) is 8.61. The Kier molecular flexibility index (Phi) is 7.00. The monoisotopic (exact) mass is 490 g/mol. The molecule has 1 saturated heterocycles. The van der Waals surface area contributed by atoms with Crippen LogP contribution in [0.5, 0.6) is 5.75 Å². The molecule has 0 aliphatic carbocycles. The molecule has 1 aliphatic rings. The highest BCUT2D eigenvalue weighted by molar-refractivity contribution is 7.92. The Balaban J connectivity index is 1.64. The molecule has 1 aliphatic heterocycles. The number of anilines is 1. The van der Waals surface area contributed by atoms with E-state index in [0.717, 1.165) is 11.0 Å². The maximum absolute atomic E-state index is 12.1. The number of nitrogens with two attached hydrogens (primary N) is 1. The molecule has 2 aromatic heterocycles. The van der Waals surface area contributed by atoms with E-state index in [1.54, 1.807) is 12.2 Å². The molecular weight excluding hydrogens is 464 g/mol. The van der Waals surface area contributed by atoms with E-state index < -0.39 is 10.0 Å². The van der Waals surface area contributed by atoms with Gasteiger partial charge in [-0.05, 0) is 62.3 Å². The molecular formula is C25H26N6O3S. The number of aromatic nitrogens is 4. The third-order valence-electron chi connectivity index (χ3n) is 5.85. The van der Waals surface area contributed by atoms with Gasteiger partial charge in [-0.15, -0.1) is 6.42 Å².